The van der Waals surface area contributed by atoms with Gasteiger partial charge in [-0.05, 0) is 24.3 Å². The number of methoxy groups -OCH3 is 1. The molecule has 0 bridgehead atoms. The van der Waals surface area contributed by atoms with Crippen LogP contribution in [0.5, 0.6) is 5.75 Å². The van der Waals surface area contributed by atoms with Gasteiger partial charge in [-0.25, -0.2) is 8.42 Å². The molecule has 0 saturated carbocycles. The van der Waals surface area contributed by atoms with Crippen molar-refractivity contribution < 1.29 is 13.2 Å². The summed E-state index contributed by atoms with van der Waals surface area (Å²) in [6.45, 7) is 0. The zero-order chi connectivity index (χ0) is 13.9. The number of hydrogen-bond acceptors (Lipinski definition) is 4. The van der Waals surface area contributed by atoms with Gasteiger partial charge in [-0.15, -0.1) is 0 Å². The van der Waals surface area contributed by atoms with Gasteiger partial charge in [0.1, 0.15) is 4.90 Å². The first-order valence-corrected chi connectivity index (χ1v) is 7.16. The Morgan fingerprint density at radius 1 is 1.26 bits per heavy atom. The van der Waals surface area contributed by atoms with Crippen LogP contribution in [0.25, 0.3) is 0 Å². The first-order valence-electron chi connectivity index (χ1n) is 5.30. The molecule has 2 aromatic rings. The van der Waals surface area contributed by atoms with Crippen LogP contribution in [0.15, 0.2) is 47.6 Å². The molecule has 7 heteroatoms. The third-order valence-corrected chi connectivity index (χ3v) is 4.04. The highest BCUT2D eigenvalue weighted by molar-refractivity contribution is 7.92. The van der Waals surface area contributed by atoms with E-state index < -0.39 is 10.0 Å². The van der Waals surface area contributed by atoms with Crippen molar-refractivity contribution >= 4 is 27.3 Å². The molecule has 19 heavy (non-hydrogen) atoms. The van der Waals surface area contributed by atoms with Crippen molar-refractivity contribution in [3.8, 4) is 5.75 Å². The monoisotopic (exact) mass is 298 g/mol. The molecule has 1 aromatic carbocycles. The summed E-state index contributed by atoms with van der Waals surface area (Å²) in [4.78, 5) is 3.82. The number of aromatic nitrogens is 1. The number of halogens is 1. The molecule has 2 rings (SSSR count). The van der Waals surface area contributed by atoms with E-state index in [9.17, 15) is 8.42 Å². The zero-order valence-corrected chi connectivity index (χ0v) is 11.6. The Morgan fingerprint density at radius 3 is 2.68 bits per heavy atom. The Bertz CT molecular complexity index is 675. The lowest BCUT2D eigenvalue weighted by molar-refractivity contribution is 0.403. The highest BCUT2D eigenvalue weighted by Crippen LogP contribution is 2.32. The Kier molecular flexibility index (Phi) is 3.92. The van der Waals surface area contributed by atoms with E-state index in [1.54, 1.807) is 30.5 Å². The van der Waals surface area contributed by atoms with E-state index in [0.29, 0.717) is 5.69 Å². The molecule has 0 amide bonds. The molecule has 0 fully saturated rings. The van der Waals surface area contributed by atoms with E-state index in [-0.39, 0.29) is 15.7 Å². The molecule has 0 saturated heterocycles. The molecule has 0 unspecified atom stereocenters. The number of hydrogen-bond donors (Lipinski definition) is 1. The molecule has 5 nitrogen and oxygen atoms in total. The minimum Gasteiger partial charge on any atom is -0.494 e. The number of pyridine rings is 1. The second-order valence-electron chi connectivity index (χ2n) is 3.62. The maximum Gasteiger partial charge on any atom is 0.265 e. The van der Waals surface area contributed by atoms with Crippen molar-refractivity contribution in [3.63, 3.8) is 0 Å². The van der Waals surface area contributed by atoms with E-state index in [4.69, 9.17) is 16.3 Å². The molecule has 0 atom stereocenters. The lowest BCUT2D eigenvalue weighted by Gasteiger charge is -2.12. The van der Waals surface area contributed by atoms with Gasteiger partial charge in [-0.2, -0.15) is 0 Å². The SMILES string of the molecule is COc1c(Cl)cccc1S(=O)(=O)Nc1cccnc1. The molecule has 1 aromatic heterocycles. The van der Waals surface area contributed by atoms with E-state index >= 15 is 0 Å². The fourth-order valence-corrected chi connectivity index (χ4v) is 3.08. The molecule has 0 aliphatic heterocycles. The lowest BCUT2D eigenvalue weighted by atomic mass is 10.3. The highest BCUT2D eigenvalue weighted by Gasteiger charge is 2.21. The summed E-state index contributed by atoms with van der Waals surface area (Å²) >= 11 is 5.91. The van der Waals surface area contributed by atoms with Gasteiger partial charge >= 0.3 is 0 Å². The van der Waals surface area contributed by atoms with Crippen molar-refractivity contribution in [2.24, 2.45) is 0 Å². The predicted octanol–water partition coefficient (Wildman–Crippen LogP) is 2.54. The van der Waals surface area contributed by atoms with Crippen molar-refractivity contribution in [2.75, 3.05) is 11.8 Å². The summed E-state index contributed by atoms with van der Waals surface area (Å²) in [5, 5.41) is 0.233. The number of rotatable bonds is 4. The van der Waals surface area contributed by atoms with Crippen LogP contribution in [0.2, 0.25) is 5.02 Å². The fourth-order valence-electron chi connectivity index (χ4n) is 1.53. The molecule has 0 aliphatic carbocycles. The summed E-state index contributed by atoms with van der Waals surface area (Å²) in [5.74, 6) is 0.112. The molecular weight excluding hydrogens is 288 g/mol. The minimum atomic E-state index is -3.78. The van der Waals surface area contributed by atoms with Gasteiger partial charge in [0.05, 0.1) is 24.0 Å². The van der Waals surface area contributed by atoms with Crippen LogP contribution >= 0.6 is 11.6 Å². The molecule has 0 spiro atoms. The second-order valence-corrected chi connectivity index (χ2v) is 5.68. The average molecular weight is 299 g/mol. The van der Waals surface area contributed by atoms with Gasteiger partial charge < -0.3 is 4.74 Å². The molecule has 1 N–H and O–H groups in total. The normalized spacial score (nSPS) is 11.1. The van der Waals surface area contributed by atoms with Gasteiger partial charge in [0, 0.05) is 6.20 Å². The number of nitrogens with zero attached hydrogens (tertiary/aromatic N) is 1. The highest BCUT2D eigenvalue weighted by atomic mass is 35.5. The number of sulfonamides is 1. The topological polar surface area (TPSA) is 68.3 Å². The molecule has 0 aliphatic rings. The Hall–Kier alpha value is -1.79. The van der Waals surface area contributed by atoms with Crippen molar-refractivity contribution in [1.82, 2.24) is 4.98 Å². The second kappa shape index (κ2) is 5.46. The summed E-state index contributed by atoms with van der Waals surface area (Å²) in [7, 11) is -2.41. The number of nitrogens with one attached hydrogen (secondary N) is 1. The van der Waals surface area contributed by atoms with Crippen LogP contribution in [-0.4, -0.2) is 20.5 Å². The fraction of sp³-hybridized carbons (Fsp3) is 0.0833. The minimum absolute atomic E-state index is 0.0219. The lowest BCUT2D eigenvalue weighted by Crippen LogP contribution is -2.14. The van der Waals surface area contributed by atoms with Gasteiger partial charge in [0.15, 0.2) is 5.75 Å². The van der Waals surface area contributed by atoms with Crippen LogP contribution in [-0.2, 0) is 10.0 Å². The first-order chi connectivity index (χ1) is 9.04. The van der Waals surface area contributed by atoms with Crippen molar-refractivity contribution in [3.05, 3.63) is 47.7 Å². The zero-order valence-electron chi connectivity index (χ0n) is 10.00. The van der Waals surface area contributed by atoms with Crippen LogP contribution in [0.4, 0.5) is 5.69 Å². The van der Waals surface area contributed by atoms with Crippen LogP contribution < -0.4 is 9.46 Å². The largest absolute Gasteiger partial charge is 0.494 e. The van der Waals surface area contributed by atoms with Gasteiger partial charge in [0.2, 0.25) is 0 Å². The van der Waals surface area contributed by atoms with Crippen molar-refractivity contribution in [1.29, 1.82) is 0 Å². The predicted molar refractivity (Wildman–Crippen MR) is 73.0 cm³/mol. The summed E-state index contributed by atoms with van der Waals surface area (Å²) in [6, 6.07) is 7.75. The third kappa shape index (κ3) is 2.97. The van der Waals surface area contributed by atoms with Crippen LogP contribution in [0, 0.1) is 0 Å². The standard InChI is InChI=1S/C12H11ClN2O3S/c1-18-12-10(13)5-2-6-11(12)19(16,17)15-9-4-3-7-14-8-9/h2-8,15H,1H3. The summed E-state index contributed by atoms with van der Waals surface area (Å²) < 4.78 is 32.0. The quantitative estimate of drug-likeness (QED) is 0.942. The maximum atomic E-state index is 12.3. The third-order valence-electron chi connectivity index (χ3n) is 2.34. The maximum absolute atomic E-state index is 12.3. The Morgan fingerprint density at radius 2 is 2.05 bits per heavy atom. The van der Waals surface area contributed by atoms with E-state index in [2.05, 4.69) is 9.71 Å². The molecule has 1 heterocycles. The first kappa shape index (κ1) is 13.6. The number of benzene rings is 1. The van der Waals surface area contributed by atoms with Crippen molar-refractivity contribution in [2.45, 2.75) is 4.90 Å². The number of para-hydroxylation sites is 1. The Labute approximate surface area is 116 Å². The van der Waals surface area contributed by atoms with E-state index in [1.165, 1.54) is 19.4 Å². The van der Waals surface area contributed by atoms with Gasteiger partial charge in [-0.1, -0.05) is 17.7 Å². The summed E-state index contributed by atoms with van der Waals surface area (Å²) in [5.41, 5.74) is 0.365. The van der Waals surface area contributed by atoms with Gasteiger partial charge in [-0.3, -0.25) is 9.71 Å². The van der Waals surface area contributed by atoms with Crippen LogP contribution in [0.3, 0.4) is 0 Å². The van der Waals surface area contributed by atoms with Crippen LogP contribution in [0.1, 0.15) is 0 Å². The van der Waals surface area contributed by atoms with Gasteiger partial charge in [0.25, 0.3) is 10.0 Å². The number of anilines is 1. The summed E-state index contributed by atoms with van der Waals surface area (Å²) in [6.07, 6.45) is 2.96. The Balaban J connectivity index is 2.43. The molecule has 100 valence electrons. The van der Waals surface area contributed by atoms with E-state index in [1.807, 2.05) is 0 Å². The smallest absolute Gasteiger partial charge is 0.265 e. The average Bonchev–Trinajstić information content (AvgIpc) is 2.39. The number of ether oxygens (including phenoxy) is 1. The van der Waals surface area contributed by atoms with E-state index in [0.717, 1.165) is 0 Å². The molecular formula is C12H11ClN2O3S. The molecule has 0 radical (unpaired) electrons.